The van der Waals surface area contributed by atoms with Gasteiger partial charge in [-0.1, -0.05) is 18.2 Å². The van der Waals surface area contributed by atoms with E-state index >= 15 is 0 Å². The molecule has 4 rings (SSSR count). The van der Waals surface area contributed by atoms with Crippen molar-refractivity contribution in [1.82, 2.24) is 0 Å². The molecule has 27 heavy (non-hydrogen) atoms. The second-order valence-corrected chi connectivity index (χ2v) is 6.16. The number of nitrogens with one attached hydrogen (secondary N) is 1. The van der Waals surface area contributed by atoms with E-state index in [1.54, 1.807) is 30.3 Å². The maximum atomic E-state index is 12.6. The number of nitrogens with zero attached hydrogens (tertiary/aromatic N) is 2. The summed E-state index contributed by atoms with van der Waals surface area (Å²) in [5.74, 6) is 0.288. The van der Waals surface area contributed by atoms with E-state index in [9.17, 15) is 9.59 Å². The monoisotopic (exact) mass is 366 g/mol. The van der Waals surface area contributed by atoms with Gasteiger partial charge < -0.3 is 20.5 Å². The summed E-state index contributed by atoms with van der Waals surface area (Å²) in [7, 11) is 0. The SMILES string of the molecule is NC(=O)C1CC(C(=O)Nc2ccc3c(c2)OCCO3)=NN1c1ccccc1. The van der Waals surface area contributed by atoms with Gasteiger partial charge in [0.15, 0.2) is 11.5 Å². The van der Waals surface area contributed by atoms with E-state index in [1.165, 1.54) is 5.01 Å². The van der Waals surface area contributed by atoms with Gasteiger partial charge in [0.2, 0.25) is 5.91 Å². The summed E-state index contributed by atoms with van der Waals surface area (Å²) in [5, 5.41) is 8.59. The Morgan fingerprint density at radius 2 is 1.81 bits per heavy atom. The fraction of sp³-hybridized carbons (Fsp3) is 0.211. The smallest absolute Gasteiger partial charge is 0.271 e. The molecule has 0 aromatic heterocycles. The van der Waals surface area contributed by atoms with Crippen molar-refractivity contribution in [2.75, 3.05) is 23.5 Å². The summed E-state index contributed by atoms with van der Waals surface area (Å²) < 4.78 is 11.0. The molecule has 2 amide bonds. The number of carbonyl (C=O) groups is 2. The lowest BCUT2D eigenvalue weighted by Gasteiger charge is -2.20. The number of primary amides is 1. The number of amides is 2. The van der Waals surface area contributed by atoms with Gasteiger partial charge in [-0.2, -0.15) is 5.10 Å². The Balaban J connectivity index is 1.54. The molecule has 0 fully saturated rings. The maximum Gasteiger partial charge on any atom is 0.271 e. The largest absolute Gasteiger partial charge is 0.486 e. The molecule has 138 valence electrons. The Kier molecular flexibility index (Phi) is 4.37. The summed E-state index contributed by atoms with van der Waals surface area (Å²) in [5.41, 5.74) is 6.99. The lowest BCUT2D eigenvalue weighted by atomic mass is 10.1. The predicted molar refractivity (Wildman–Crippen MR) is 100 cm³/mol. The van der Waals surface area contributed by atoms with Crippen molar-refractivity contribution in [2.24, 2.45) is 10.8 Å². The lowest BCUT2D eigenvalue weighted by Crippen LogP contribution is -2.39. The number of ether oxygens (including phenoxy) is 2. The van der Waals surface area contributed by atoms with Crippen LogP contribution in [-0.4, -0.2) is 36.8 Å². The van der Waals surface area contributed by atoms with Gasteiger partial charge >= 0.3 is 0 Å². The van der Waals surface area contributed by atoms with Crippen LogP contribution in [0.3, 0.4) is 0 Å². The van der Waals surface area contributed by atoms with Gasteiger partial charge in [-0.3, -0.25) is 14.6 Å². The van der Waals surface area contributed by atoms with Crippen LogP contribution in [0, 0.1) is 0 Å². The average molecular weight is 366 g/mol. The van der Waals surface area contributed by atoms with Crippen LogP contribution in [0.2, 0.25) is 0 Å². The molecule has 1 unspecified atom stereocenters. The predicted octanol–water partition coefficient (Wildman–Crippen LogP) is 1.52. The maximum absolute atomic E-state index is 12.6. The number of hydrogen-bond acceptors (Lipinski definition) is 6. The summed E-state index contributed by atoms with van der Waals surface area (Å²) >= 11 is 0. The Labute approximate surface area is 155 Å². The van der Waals surface area contributed by atoms with Gasteiger partial charge in [0, 0.05) is 18.2 Å². The molecule has 1 atom stereocenters. The van der Waals surface area contributed by atoms with E-state index in [0.29, 0.717) is 36.1 Å². The molecule has 3 N–H and O–H groups in total. The minimum absolute atomic E-state index is 0.139. The van der Waals surface area contributed by atoms with E-state index in [2.05, 4.69) is 10.4 Å². The molecular weight excluding hydrogens is 348 g/mol. The van der Waals surface area contributed by atoms with Crippen LogP contribution < -0.4 is 25.5 Å². The number of rotatable bonds is 4. The molecule has 0 saturated carbocycles. The Hall–Kier alpha value is -3.55. The van der Waals surface area contributed by atoms with Crippen LogP contribution in [0.1, 0.15) is 6.42 Å². The van der Waals surface area contributed by atoms with Crippen LogP contribution in [0.15, 0.2) is 53.6 Å². The highest BCUT2D eigenvalue weighted by atomic mass is 16.6. The third-order valence-corrected chi connectivity index (χ3v) is 4.32. The van der Waals surface area contributed by atoms with Crippen LogP contribution in [0.5, 0.6) is 11.5 Å². The summed E-state index contributed by atoms with van der Waals surface area (Å²) in [4.78, 5) is 24.5. The third kappa shape index (κ3) is 3.41. The number of fused-ring (bicyclic) bond motifs is 1. The Bertz CT molecular complexity index is 913. The Morgan fingerprint density at radius 1 is 1.07 bits per heavy atom. The molecule has 2 aliphatic heterocycles. The topological polar surface area (TPSA) is 106 Å². The first-order chi connectivity index (χ1) is 13.1. The highest BCUT2D eigenvalue weighted by Crippen LogP contribution is 2.33. The molecule has 0 radical (unpaired) electrons. The van der Waals surface area contributed by atoms with E-state index in [1.807, 2.05) is 18.2 Å². The van der Waals surface area contributed by atoms with E-state index in [0.717, 1.165) is 0 Å². The quantitative estimate of drug-likeness (QED) is 0.853. The Morgan fingerprint density at radius 3 is 2.56 bits per heavy atom. The van der Waals surface area contributed by atoms with Crippen LogP contribution >= 0.6 is 0 Å². The zero-order valence-corrected chi connectivity index (χ0v) is 14.4. The van der Waals surface area contributed by atoms with Gasteiger partial charge in [-0.05, 0) is 24.3 Å². The molecule has 0 spiro atoms. The van der Waals surface area contributed by atoms with Crippen molar-refractivity contribution in [3.05, 3.63) is 48.5 Å². The number of hydrazone groups is 1. The number of nitrogens with two attached hydrogens (primary N) is 1. The molecule has 8 heteroatoms. The van der Waals surface area contributed by atoms with Crippen LogP contribution in [0.4, 0.5) is 11.4 Å². The molecule has 0 aliphatic carbocycles. The zero-order valence-electron chi connectivity index (χ0n) is 14.4. The first kappa shape index (κ1) is 16.9. The van der Waals surface area contributed by atoms with Gasteiger partial charge in [-0.15, -0.1) is 0 Å². The number of para-hydroxylation sites is 1. The first-order valence-electron chi connectivity index (χ1n) is 8.54. The fourth-order valence-corrected chi connectivity index (χ4v) is 3.01. The van der Waals surface area contributed by atoms with Crippen molar-refractivity contribution in [3.63, 3.8) is 0 Å². The zero-order chi connectivity index (χ0) is 18.8. The third-order valence-electron chi connectivity index (χ3n) is 4.32. The van der Waals surface area contributed by atoms with Crippen LogP contribution in [-0.2, 0) is 9.59 Å². The number of carbonyl (C=O) groups excluding carboxylic acids is 2. The standard InChI is InChI=1S/C19H18N4O4/c20-18(24)15-11-14(22-23(15)13-4-2-1-3-5-13)19(25)21-12-6-7-16-17(10-12)27-9-8-26-16/h1-7,10,15H,8-9,11H2,(H2,20,24)(H,21,25). The number of hydrogen-bond donors (Lipinski definition) is 2. The molecule has 0 saturated heterocycles. The van der Waals surface area contributed by atoms with Gasteiger partial charge in [0.05, 0.1) is 5.69 Å². The van der Waals surface area contributed by atoms with Crippen molar-refractivity contribution in [1.29, 1.82) is 0 Å². The average Bonchev–Trinajstić information content (AvgIpc) is 3.15. The van der Waals surface area contributed by atoms with Crippen molar-refractivity contribution in [2.45, 2.75) is 12.5 Å². The molecule has 2 aliphatic rings. The van der Waals surface area contributed by atoms with Gasteiger partial charge in [0.1, 0.15) is 25.0 Å². The van der Waals surface area contributed by atoms with E-state index in [-0.39, 0.29) is 12.1 Å². The fourth-order valence-electron chi connectivity index (χ4n) is 3.01. The number of anilines is 2. The number of benzene rings is 2. The first-order valence-corrected chi connectivity index (χ1v) is 8.54. The minimum Gasteiger partial charge on any atom is -0.486 e. The molecule has 2 heterocycles. The molecule has 0 bridgehead atoms. The van der Waals surface area contributed by atoms with Gasteiger partial charge in [-0.25, -0.2) is 0 Å². The second kappa shape index (κ2) is 6.99. The minimum atomic E-state index is -0.701. The highest BCUT2D eigenvalue weighted by molar-refractivity contribution is 6.44. The highest BCUT2D eigenvalue weighted by Gasteiger charge is 2.35. The summed E-state index contributed by atoms with van der Waals surface area (Å²) in [6.07, 6.45) is 0.139. The van der Waals surface area contributed by atoms with E-state index in [4.69, 9.17) is 15.2 Å². The molecule has 2 aromatic carbocycles. The second-order valence-electron chi connectivity index (χ2n) is 6.16. The van der Waals surface area contributed by atoms with Crippen LogP contribution in [0.25, 0.3) is 0 Å². The molecule has 8 nitrogen and oxygen atoms in total. The normalized spacial score (nSPS) is 18.0. The van der Waals surface area contributed by atoms with Crippen molar-refractivity contribution in [3.8, 4) is 11.5 Å². The summed E-state index contributed by atoms with van der Waals surface area (Å²) in [6.45, 7) is 0.961. The lowest BCUT2D eigenvalue weighted by molar-refractivity contribution is -0.119. The summed E-state index contributed by atoms with van der Waals surface area (Å²) in [6, 6.07) is 13.6. The van der Waals surface area contributed by atoms with Gasteiger partial charge in [0.25, 0.3) is 5.91 Å². The van der Waals surface area contributed by atoms with Crippen molar-refractivity contribution >= 4 is 28.9 Å². The van der Waals surface area contributed by atoms with Crippen molar-refractivity contribution < 1.29 is 19.1 Å². The molecular formula is C19H18N4O4. The van der Waals surface area contributed by atoms with E-state index < -0.39 is 17.9 Å². The molecule has 2 aromatic rings.